The van der Waals surface area contributed by atoms with E-state index in [1.165, 1.54) is 5.56 Å². The molecule has 1 heteroatoms. The first-order valence-corrected chi connectivity index (χ1v) is 4.24. The van der Waals surface area contributed by atoms with E-state index < -0.39 is 0 Å². The van der Waals surface area contributed by atoms with Crippen LogP contribution >= 0.6 is 0 Å². The molecular formula is C11H14O. The minimum Gasteiger partial charge on any atom is -0.300 e. The molecule has 0 saturated carbocycles. The molecule has 0 aliphatic carbocycles. The summed E-state index contributed by atoms with van der Waals surface area (Å²) in [6.07, 6.45) is 0.643. The zero-order valence-electron chi connectivity index (χ0n) is 7.58. The van der Waals surface area contributed by atoms with E-state index in [1.54, 1.807) is 6.92 Å². The molecule has 0 fully saturated rings. The van der Waals surface area contributed by atoms with Crippen LogP contribution in [0.4, 0.5) is 0 Å². The molecule has 64 valence electrons. The molecule has 1 atom stereocenters. The average Bonchev–Trinajstić information content (AvgIpc) is 2.05. The zero-order valence-corrected chi connectivity index (χ0v) is 7.58. The van der Waals surface area contributed by atoms with Crippen molar-refractivity contribution in [2.45, 2.75) is 26.2 Å². The fraction of sp³-hybridized carbons (Fsp3) is 0.364. The van der Waals surface area contributed by atoms with Gasteiger partial charge in [0, 0.05) is 6.42 Å². The van der Waals surface area contributed by atoms with Gasteiger partial charge in [-0.15, -0.1) is 0 Å². The van der Waals surface area contributed by atoms with Gasteiger partial charge in [0.1, 0.15) is 5.78 Å². The van der Waals surface area contributed by atoms with E-state index in [9.17, 15) is 4.79 Å². The Morgan fingerprint density at radius 2 is 1.92 bits per heavy atom. The fourth-order valence-corrected chi connectivity index (χ4v) is 1.33. The molecule has 1 rings (SSSR count). The van der Waals surface area contributed by atoms with E-state index >= 15 is 0 Å². The van der Waals surface area contributed by atoms with Gasteiger partial charge in [0.15, 0.2) is 0 Å². The number of carbonyl (C=O) groups is 1. The van der Waals surface area contributed by atoms with Crippen molar-refractivity contribution in [1.29, 1.82) is 0 Å². The van der Waals surface area contributed by atoms with Crippen LogP contribution in [0.3, 0.4) is 0 Å². The Morgan fingerprint density at radius 1 is 1.33 bits per heavy atom. The standard InChI is InChI=1S/C11H14O/c1-9(8-10(2)12)11-6-4-3-5-7-11/h3-7,9H,8H2,1-2H3/t9-/m1/s1. The van der Waals surface area contributed by atoms with E-state index in [4.69, 9.17) is 0 Å². The van der Waals surface area contributed by atoms with Crippen molar-refractivity contribution in [3.63, 3.8) is 0 Å². The molecule has 0 aromatic heterocycles. The number of ketones is 1. The quantitative estimate of drug-likeness (QED) is 0.668. The Labute approximate surface area is 73.4 Å². The van der Waals surface area contributed by atoms with Crippen molar-refractivity contribution in [1.82, 2.24) is 0 Å². The molecule has 1 aromatic rings. The fourth-order valence-electron chi connectivity index (χ4n) is 1.33. The SMILES string of the molecule is CC(=O)C[C@@H](C)c1ccccc1. The molecule has 1 aromatic carbocycles. The lowest BCUT2D eigenvalue weighted by Crippen LogP contribution is -1.99. The Hall–Kier alpha value is -1.11. The molecule has 0 unspecified atom stereocenters. The van der Waals surface area contributed by atoms with E-state index in [-0.39, 0.29) is 5.78 Å². The lowest BCUT2D eigenvalue weighted by molar-refractivity contribution is -0.117. The van der Waals surface area contributed by atoms with Crippen molar-refractivity contribution in [2.75, 3.05) is 0 Å². The second-order valence-electron chi connectivity index (χ2n) is 3.22. The second-order valence-corrected chi connectivity index (χ2v) is 3.22. The first kappa shape index (κ1) is 8.98. The summed E-state index contributed by atoms with van der Waals surface area (Å²) in [5.41, 5.74) is 1.24. The maximum atomic E-state index is 10.8. The van der Waals surface area contributed by atoms with Crippen molar-refractivity contribution < 1.29 is 4.79 Å². The average molecular weight is 162 g/mol. The number of Topliss-reactive ketones (excluding diaryl/α,β-unsaturated/α-hetero) is 1. The van der Waals surface area contributed by atoms with Gasteiger partial charge in [-0.25, -0.2) is 0 Å². The maximum Gasteiger partial charge on any atom is 0.130 e. The molecule has 0 spiro atoms. The van der Waals surface area contributed by atoms with Gasteiger partial charge in [-0.05, 0) is 18.4 Å². The van der Waals surface area contributed by atoms with E-state index in [1.807, 2.05) is 18.2 Å². The molecule has 0 aliphatic heterocycles. The van der Waals surface area contributed by atoms with Crippen LogP contribution in [0, 0.1) is 0 Å². The molecule has 0 heterocycles. The number of carbonyl (C=O) groups excluding carboxylic acids is 1. The Balaban J connectivity index is 2.65. The normalized spacial score (nSPS) is 12.5. The van der Waals surface area contributed by atoms with Crippen LogP contribution in [-0.2, 0) is 4.79 Å². The number of hydrogen-bond acceptors (Lipinski definition) is 1. The summed E-state index contributed by atoms with van der Waals surface area (Å²) in [7, 11) is 0. The summed E-state index contributed by atoms with van der Waals surface area (Å²) in [4.78, 5) is 10.8. The minimum atomic E-state index is 0.256. The Bertz CT molecular complexity index is 251. The predicted molar refractivity (Wildman–Crippen MR) is 50.2 cm³/mol. The smallest absolute Gasteiger partial charge is 0.130 e. The summed E-state index contributed by atoms with van der Waals surface area (Å²) in [6, 6.07) is 10.1. The molecule has 0 bridgehead atoms. The minimum absolute atomic E-state index is 0.256. The van der Waals surface area contributed by atoms with Crippen molar-refractivity contribution in [3.8, 4) is 0 Å². The van der Waals surface area contributed by atoms with Gasteiger partial charge < -0.3 is 4.79 Å². The second kappa shape index (κ2) is 4.05. The van der Waals surface area contributed by atoms with Gasteiger partial charge in [0.05, 0.1) is 0 Å². The lowest BCUT2D eigenvalue weighted by atomic mass is 9.96. The van der Waals surface area contributed by atoms with Crippen LogP contribution in [-0.4, -0.2) is 5.78 Å². The third-order valence-corrected chi connectivity index (χ3v) is 1.96. The summed E-state index contributed by atoms with van der Waals surface area (Å²) >= 11 is 0. The Morgan fingerprint density at radius 3 is 2.42 bits per heavy atom. The topological polar surface area (TPSA) is 17.1 Å². The maximum absolute atomic E-state index is 10.8. The highest BCUT2D eigenvalue weighted by molar-refractivity contribution is 5.76. The van der Waals surface area contributed by atoms with Crippen molar-refractivity contribution in [2.24, 2.45) is 0 Å². The number of benzene rings is 1. The van der Waals surface area contributed by atoms with E-state index in [0.29, 0.717) is 12.3 Å². The first-order valence-electron chi connectivity index (χ1n) is 4.24. The van der Waals surface area contributed by atoms with Crippen LogP contribution in [0.5, 0.6) is 0 Å². The van der Waals surface area contributed by atoms with Gasteiger partial charge in [0.2, 0.25) is 0 Å². The van der Waals surface area contributed by atoms with Gasteiger partial charge in [-0.2, -0.15) is 0 Å². The van der Waals surface area contributed by atoms with E-state index in [0.717, 1.165) is 0 Å². The Kier molecular flexibility index (Phi) is 3.03. The van der Waals surface area contributed by atoms with Gasteiger partial charge in [-0.1, -0.05) is 37.3 Å². The molecule has 0 radical (unpaired) electrons. The molecule has 0 amide bonds. The van der Waals surface area contributed by atoms with Gasteiger partial charge >= 0.3 is 0 Å². The molecule has 1 nitrogen and oxygen atoms in total. The number of hydrogen-bond donors (Lipinski definition) is 0. The molecule has 0 saturated heterocycles. The van der Waals surface area contributed by atoms with E-state index in [2.05, 4.69) is 19.1 Å². The molecular weight excluding hydrogens is 148 g/mol. The lowest BCUT2D eigenvalue weighted by Gasteiger charge is -2.08. The summed E-state index contributed by atoms with van der Waals surface area (Å²) in [5.74, 6) is 0.607. The summed E-state index contributed by atoms with van der Waals surface area (Å²) < 4.78 is 0. The van der Waals surface area contributed by atoms with Crippen LogP contribution in [0.2, 0.25) is 0 Å². The third kappa shape index (κ3) is 2.50. The molecule has 0 N–H and O–H groups in total. The summed E-state index contributed by atoms with van der Waals surface area (Å²) in [5, 5.41) is 0. The van der Waals surface area contributed by atoms with Crippen LogP contribution in [0.25, 0.3) is 0 Å². The van der Waals surface area contributed by atoms with Crippen molar-refractivity contribution in [3.05, 3.63) is 35.9 Å². The van der Waals surface area contributed by atoms with Gasteiger partial charge in [-0.3, -0.25) is 0 Å². The first-order chi connectivity index (χ1) is 5.70. The van der Waals surface area contributed by atoms with Crippen LogP contribution < -0.4 is 0 Å². The highest BCUT2D eigenvalue weighted by Crippen LogP contribution is 2.18. The highest BCUT2D eigenvalue weighted by atomic mass is 16.1. The molecule has 0 aliphatic rings. The highest BCUT2D eigenvalue weighted by Gasteiger charge is 2.06. The largest absolute Gasteiger partial charge is 0.300 e. The van der Waals surface area contributed by atoms with Crippen molar-refractivity contribution >= 4 is 5.78 Å². The monoisotopic (exact) mass is 162 g/mol. The summed E-state index contributed by atoms with van der Waals surface area (Å²) in [6.45, 7) is 3.72. The molecule has 12 heavy (non-hydrogen) atoms. The third-order valence-electron chi connectivity index (χ3n) is 1.96. The zero-order chi connectivity index (χ0) is 8.97. The van der Waals surface area contributed by atoms with Crippen LogP contribution in [0.15, 0.2) is 30.3 Å². The number of rotatable bonds is 3. The van der Waals surface area contributed by atoms with Crippen LogP contribution in [0.1, 0.15) is 31.7 Å². The predicted octanol–water partition coefficient (Wildman–Crippen LogP) is 2.77. The van der Waals surface area contributed by atoms with Gasteiger partial charge in [0.25, 0.3) is 0 Å².